The Balaban J connectivity index is 2.22. The fourth-order valence-corrected chi connectivity index (χ4v) is 2.38. The Morgan fingerprint density at radius 1 is 1.38 bits per heavy atom. The zero-order valence-corrected chi connectivity index (χ0v) is 12.6. The number of para-hydroxylation sites is 1. The van der Waals surface area contributed by atoms with Gasteiger partial charge in [0.15, 0.2) is 0 Å². The Morgan fingerprint density at radius 2 is 2.10 bits per heavy atom. The molecule has 0 saturated carbocycles. The number of aliphatic hydroxyl groups is 1. The van der Waals surface area contributed by atoms with Gasteiger partial charge in [-0.1, -0.05) is 18.2 Å². The molecule has 0 aliphatic heterocycles. The van der Waals surface area contributed by atoms with Crippen molar-refractivity contribution in [2.45, 2.75) is 12.5 Å². The van der Waals surface area contributed by atoms with Gasteiger partial charge in [-0.2, -0.15) is 5.26 Å². The first kappa shape index (κ1) is 15.2. The average Bonchev–Trinajstić information content (AvgIpc) is 2.43. The fraction of sp³-hybridized carbons (Fsp3) is 0.375. The van der Waals surface area contributed by atoms with Gasteiger partial charge in [0.25, 0.3) is 0 Å². The van der Waals surface area contributed by atoms with Gasteiger partial charge in [0.2, 0.25) is 0 Å². The summed E-state index contributed by atoms with van der Waals surface area (Å²) in [6.45, 7) is 2.67. The zero-order valence-electron chi connectivity index (χ0n) is 12.6. The summed E-state index contributed by atoms with van der Waals surface area (Å²) in [5.74, 6) is 0.601. The molecule has 0 spiro atoms. The third-order valence-electron chi connectivity index (χ3n) is 3.14. The van der Waals surface area contributed by atoms with Crippen molar-refractivity contribution in [2.24, 2.45) is 0 Å². The summed E-state index contributed by atoms with van der Waals surface area (Å²) in [6, 6.07) is 11.4. The highest BCUT2D eigenvalue weighted by molar-refractivity contribution is 5.86. The van der Waals surface area contributed by atoms with Crippen molar-refractivity contribution in [3.8, 4) is 6.07 Å². The van der Waals surface area contributed by atoms with Crippen molar-refractivity contribution >= 4 is 16.7 Å². The lowest BCUT2D eigenvalue weighted by atomic mass is 10.1. The van der Waals surface area contributed by atoms with Crippen LogP contribution in [-0.2, 0) is 0 Å². The first-order valence-corrected chi connectivity index (χ1v) is 6.82. The number of nitriles is 1. The smallest absolute Gasteiger partial charge is 0.128 e. The SMILES string of the molecule is CN(C)CC(C)(O)CNc1cc(C#N)c2ccccc2n1. The molecule has 0 bridgehead atoms. The number of pyridine rings is 1. The Hall–Kier alpha value is -2.16. The van der Waals surface area contributed by atoms with Crippen LogP contribution >= 0.6 is 0 Å². The van der Waals surface area contributed by atoms with Crippen LogP contribution in [0.3, 0.4) is 0 Å². The maximum atomic E-state index is 10.3. The first-order chi connectivity index (χ1) is 9.91. The Bertz CT molecular complexity index is 674. The third-order valence-corrected chi connectivity index (χ3v) is 3.14. The van der Waals surface area contributed by atoms with E-state index in [0.29, 0.717) is 24.5 Å². The number of benzene rings is 1. The molecule has 0 amide bonds. The monoisotopic (exact) mass is 284 g/mol. The molecule has 0 saturated heterocycles. The van der Waals surface area contributed by atoms with E-state index in [2.05, 4.69) is 16.4 Å². The van der Waals surface area contributed by atoms with E-state index in [4.69, 9.17) is 0 Å². The molecule has 110 valence electrons. The molecule has 5 nitrogen and oxygen atoms in total. The quantitative estimate of drug-likeness (QED) is 0.876. The number of hydrogen-bond acceptors (Lipinski definition) is 5. The molecule has 1 heterocycles. The molecule has 5 heteroatoms. The van der Waals surface area contributed by atoms with Crippen molar-refractivity contribution in [1.82, 2.24) is 9.88 Å². The number of nitrogens with zero attached hydrogens (tertiary/aromatic N) is 3. The van der Waals surface area contributed by atoms with Crippen LogP contribution in [0.4, 0.5) is 5.82 Å². The van der Waals surface area contributed by atoms with Crippen molar-refractivity contribution in [2.75, 3.05) is 32.5 Å². The first-order valence-electron chi connectivity index (χ1n) is 6.82. The predicted molar refractivity (Wildman–Crippen MR) is 84.1 cm³/mol. The molecular weight excluding hydrogens is 264 g/mol. The fourth-order valence-electron chi connectivity index (χ4n) is 2.38. The van der Waals surface area contributed by atoms with Crippen molar-refractivity contribution in [3.05, 3.63) is 35.9 Å². The second kappa shape index (κ2) is 6.08. The van der Waals surface area contributed by atoms with Gasteiger partial charge in [0, 0.05) is 18.5 Å². The molecule has 1 aromatic carbocycles. The minimum atomic E-state index is -0.871. The van der Waals surface area contributed by atoms with E-state index in [1.54, 1.807) is 13.0 Å². The summed E-state index contributed by atoms with van der Waals surface area (Å²) in [4.78, 5) is 6.41. The molecule has 0 aliphatic carbocycles. The highest BCUT2D eigenvalue weighted by Crippen LogP contribution is 2.20. The van der Waals surface area contributed by atoms with Gasteiger partial charge in [0.05, 0.1) is 22.8 Å². The van der Waals surface area contributed by atoms with Crippen LogP contribution in [0.15, 0.2) is 30.3 Å². The average molecular weight is 284 g/mol. The second-order valence-corrected chi connectivity index (χ2v) is 5.77. The Labute approximate surface area is 124 Å². The molecule has 0 aliphatic rings. The van der Waals surface area contributed by atoms with Crippen LogP contribution in [-0.4, -0.2) is 47.8 Å². The summed E-state index contributed by atoms with van der Waals surface area (Å²) >= 11 is 0. The van der Waals surface area contributed by atoms with Gasteiger partial charge in [-0.05, 0) is 33.2 Å². The van der Waals surface area contributed by atoms with Crippen molar-refractivity contribution in [3.63, 3.8) is 0 Å². The van der Waals surface area contributed by atoms with Gasteiger partial charge in [-0.3, -0.25) is 0 Å². The van der Waals surface area contributed by atoms with Gasteiger partial charge in [0.1, 0.15) is 5.82 Å². The zero-order chi connectivity index (χ0) is 15.5. The van der Waals surface area contributed by atoms with E-state index in [1.807, 2.05) is 43.3 Å². The molecule has 1 unspecified atom stereocenters. The molecular formula is C16H20N4O. The van der Waals surface area contributed by atoms with Crippen LogP contribution in [0.1, 0.15) is 12.5 Å². The molecule has 1 aromatic heterocycles. The van der Waals surface area contributed by atoms with Gasteiger partial charge >= 0.3 is 0 Å². The van der Waals surface area contributed by atoms with E-state index < -0.39 is 5.60 Å². The summed E-state index contributed by atoms with van der Waals surface area (Å²) in [6.07, 6.45) is 0. The third kappa shape index (κ3) is 3.91. The maximum Gasteiger partial charge on any atom is 0.128 e. The van der Waals surface area contributed by atoms with Crippen LogP contribution in [0.25, 0.3) is 10.9 Å². The molecule has 0 radical (unpaired) electrons. The highest BCUT2D eigenvalue weighted by atomic mass is 16.3. The van der Waals surface area contributed by atoms with Gasteiger partial charge < -0.3 is 15.3 Å². The minimum Gasteiger partial charge on any atom is -0.387 e. The number of hydrogen-bond donors (Lipinski definition) is 2. The van der Waals surface area contributed by atoms with Crippen LogP contribution < -0.4 is 5.32 Å². The second-order valence-electron chi connectivity index (χ2n) is 5.77. The molecule has 21 heavy (non-hydrogen) atoms. The van der Waals surface area contributed by atoms with Crippen LogP contribution in [0, 0.1) is 11.3 Å². The van der Waals surface area contributed by atoms with E-state index in [9.17, 15) is 10.4 Å². The number of likely N-dealkylation sites (N-methyl/N-ethyl adjacent to an activating group) is 1. The van der Waals surface area contributed by atoms with Gasteiger partial charge in [-0.25, -0.2) is 4.98 Å². The van der Waals surface area contributed by atoms with Gasteiger partial charge in [-0.15, -0.1) is 0 Å². The Morgan fingerprint density at radius 3 is 2.76 bits per heavy atom. The maximum absolute atomic E-state index is 10.3. The molecule has 0 fully saturated rings. The van der Waals surface area contributed by atoms with E-state index >= 15 is 0 Å². The van der Waals surface area contributed by atoms with E-state index in [0.717, 1.165) is 10.9 Å². The lowest BCUT2D eigenvalue weighted by Gasteiger charge is -2.27. The summed E-state index contributed by atoms with van der Waals surface area (Å²) < 4.78 is 0. The normalized spacial score (nSPS) is 13.9. The molecule has 2 aromatic rings. The molecule has 2 N–H and O–H groups in total. The standard InChI is InChI=1S/C16H20N4O/c1-16(21,11-20(2)3)10-18-15-8-12(9-17)13-6-4-5-7-14(13)19-15/h4-8,21H,10-11H2,1-3H3,(H,18,19). The van der Waals surface area contributed by atoms with Crippen molar-refractivity contribution in [1.29, 1.82) is 5.26 Å². The lowest BCUT2D eigenvalue weighted by molar-refractivity contribution is 0.0459. The number of nitrogens with one attached hydrogen (secondary N) is 1. The van der Waals surface area contributed by atoms with Crippen LogP contribution in [0.5, 0.6) is 0 Å². The Kier molecular flexibility index (Phi) is 4.41. The number of rotatable bonds is 5. The summed E-state index contributed by atoms with van der Waals surface area (Å²) in [5.41, 5.74) is 0.477. The highest BCUT2D eigenvalue weighted by Gasteiger charge is 2.21. The lowest BCUT2D eigenvalue weighted by Crippen LogP contribution is -2.43. The number of fused-ring (bicyclic) bond motifs is 1. The topological polar surface area (TPSA) is 72.2 Å². The molecule has 1 atom stereocenters. The van der Waals surface area contributed by atoms with E-state index in [-0.39, 0.29) is 0 Å². The summed E-state index contributed by atoms with van der Waals surface area (Å²) in [7, 11) is 3.83. The van der Waals surface area contributed by atoms with Crippen LogP contribution in [0.2, 0.25) is 0 Å². The summed E-state index contributed by atoms with van der Waals surface area (Å²) in [5, 5.41) is 23.5. The molecule has 2 rings (SSSR count). The number of anilines is 1. The largest absolute Gasteiger partial charge is 0.387 e. The van der Waals surface area contributed by atoms with E-state index in [1.165, 1.54) is 0 Å². The van der Waals surface area contributed by atoms with Crippen molar-refractivity contribution < 1.29 is 5.11 Å². The minimum absolute atomic E-state index is 0.362. The predicted octanol–water partition coefficient (Wildman–Crippen LogP) is 1.83. The number of aromatic nitrogens is 1.